The van der Waals surface area contributed by atoms with Crippen LogP contribution in [0.1, 0.15) is 43.0 Å². The van der Waals surface area contributed by atoms with Gasteiger partial charge in [0, 0.05) is 24.8 Å². The van der Waals surface area contributed by atoms with Crippen LogP contribution in [-0.2, 0) is 0 Å². The summed E-state index contributed by atoms with van der Waals surface area (Å²) in [6.07, 6.45) is 6.03. The van der Waals surface area contributed by atoms with E-state index in [-0.39, 0.29) is 23.1 Å². The number of likely N-dealkylation sites (tertiary alicyclic amines) is 2. The van der Waals surface area contributed by atoms with Crippen LogP contribution < -0.4 is 5.56 Å². The highest BCUT2D eigenvalue weighted by atomic mass is 16.2. The molecule has 0 radical (unpaired) electrons. The Hall–Kier alpha value is -1.62. The highest BCUT2D eigenvalue weighted by Gasteiger charge is 2.39. The average molecular weight is 289 g/mol. The Morgan fingerprint density at radius 1 is 1.29 bits per heavy atom. The lowest BCUT2D eigenvalue weighted by molar-refractivity contribution is 0.0648. The first-order valence-corrected chi connectivity index (χ1v) is 7.95. The number of H-pyrrole nitrogens is 1. The van der Waals surface area contributed by atoms with Crippen LogP contribution in [0.4, 0.5) is 0 Å². The molecular weight excluding hydrogens is 266 g/mol. The van der Waals surface area contributed by atoms with Gasteiger partial charge in [-0.05, 0) is 50.9 Å². The third kappa shape index (κ3) is 2.62. The van der Waals surface area contributed by atoms with Crippen LogP contribution in [0, 0.1) is 0 Å². The van der Waals surface area contributed by atoms with E-state index in [0.29, 0.717) is 6.04 Å². The highest BCUT2D eigenvalue weighted by molar-refractivity contribution is 5.94. The van der Waals surface area contributed by atoms with Crippen LogP contribution in [-0.4, -0.2) is 52.4 Å². The van der Waals surface area contributed by atoms with E-state index in [2.05, 4.69) is 16.8 Å². The monoisotopic (exact) mass is 289 g/mol. The number of amides is 1. The lowest BCUT2D eigenvalue weighted by atomic mass is 10.0. The molecule has 5 nitrogen and oxygen atoms in total. The molecule has 114 valence electrons. The first-order chi connectivity index (χ1) is 10.2. The third-order valence-electron chi connectivity index (χ3n) is 4.87. The van der Waals surface area contributed by atoms with Gasteiger partial charge >= 0.3 is 0 Å². The molecule has 2 atom stereocenters. The number of nitrogens with zero attached hydrogens (tertiary/aromatic N) is 2. The molecule has 1 aromatic heterocycles. The predicted molar refractivity (Wildman–Crippen MR) is 81.4 cm³/mol. The Kier molecular flexibility index (Phi) is 4.10. The van der Waals surface area contributed by atoms with Crippen LogP contribution in [0.3, 0.4) is 0 Å². The van der Waals surface area contributed by atoms with E-state index in [1.54, 1.807) is 18.3 Å². The second kappa shape index (κ2) is 6.02. The molecule has 5 heteroatoms. The van der Waals surface area contributed by atoms with Crippen molar-refractivity contribution in [2.45, 2.75) is 44.7 Å². The summed E-state index contributed by atoms with van der Waals surface area (Å²) < 4.78 is 0. The van der Waals surface area contributed by atoms with Crippen molar-refractivity contribution in [2.75, 3.05) is 19.6 Å². The zero-order chi connectivity index (χ0) is 14.8. The van der Waals surface area contributed by atoms with Gasteiger partial charge in [0.2, 0.25) is 0 Å². The van der Waals surface area contributed by atoms with Crippen molar-refractivity contribution in [3.05, 3.63) is 34.2 Å². The number of carbonyl (C=O) groups excluding carboxylic acids is 1. The minimum atomic E-state index is -0.285. The molecule has 1 amide bonds. The fourth-order valence-corrected chi connectivity index (χ4v) is 3.87. The quantitative estimate of drug-likeness (QED) is 0.916. The van der Waals surface area contributed by atoms with Crippen molar-refractivity contribution in [1.82, 2.24) is 14.8 Å². The van der Waals surface area contributed by atoms with Gasteiger partial charge < -0.3 is 9.88 Å². The molecule has 3 heterocycles. The molecule has 1 N–H and O–H groups in total. The third-order valence-corrected chi connectivity index (χ3v) is 4.87. The summed E-state index contributed by atoms with van der Waals surface area (Å²) in [5.41, 5.74) is -0.0163. The van der Waals surface area contributed by atoms with Crippen LogP contribution in [0.2, 0.25) is 0 Å². The summed E-state index contributed by atoms with van der Waals surface area (Å²) in [7, 11) is 0. The van der Waals surface area contributed by atoms with Crippen molar-refractivity contribution >= 4 is 5.91 Å². The van der Waals surface area contributed by atoms with Crippen LogP contribution in [0.25, 0.3) is 0 Å². The molecule has 0 aliphatic carbocycles. The zero-order valence-corrected chi connectivity index (χ0v) is 12.5. The SMILES string of the molecule is CCN1CCC[C@H]1[C@H]1CCCN1C(=O)c1ccc[nH]c1=O. The molecular formula is C16H23N3O2. The number of aromatic nitrogens is 1. The minimum Gasteiger partial charge on any atom is -0.334 e. The smallest absolute Gasteiger partial charge is 0.260 e. The molecule has 2 fully saturated rings. The second-order valence-corrected chi connectivity index (χ2v) is 5.96. The Balaban J connectivity index is 1.82. The average Bonchev–Trinajstić information content (AvgIpc) is 3.15. The van der Waals surface area contributed by atoms with Crippen LogP contribution in [0.5, 0.6) is 0 Å². The highest BCUT2D eigenvalue weighted by Crippen LogP contribution is 2.30. The van der Waals surface area contributed by atoms with Gasteiger partial charge in [0.25, 0.3) is 11.5 Å². The van der Waals surface area contributed by atoms with Crippen molar-refractivity contribution in [1.29, 1.82) is 0 Å². The fraction of sp³-hybridized carbons (Fsp3) is 0.625. The van der Waals surface area contributed by atoms with E-state index in [9.17, 15) is 9.59 Å². The number of likely N-dealkylation sites (N-methyl/N-ethyl adjacent to an activating group) is 1. The molecule has 1 aromatic rings. The van der Waals surface area contributed by atoms with Crippen molar-refractivity contribution in [2.24, 2.45) is 0 Å². The second-order valence-electron chi connectivity index (χ2n) is 5.96. The van der Waals surface area contributed by atoms with E-state index in [1.165, 1.54) is 6.42 Å². The van der Waals surface area contributed by atoms with Gasteiger partial charge in [-0.2, -0.15) is 0 Å². The molecule has 21 heavy (non-hydrogen) atoms. The molecule has 2 aliphatic rings. The van der Waals surface area contributed by atoms with E-state index in [0.717, 1.165) is 38.9 Å². The van der Waals surface area contributed by atoms with Gasteiger partial charge in [-0.3, -0.25) is 14.5 Å². The largest absolute Gasteiger partial charge is 0.334 e. The summed E-state index contributed by atoms with van der Waals surface area (Å²) in [4.78, 5) is 31.6. The summed E-state index contributed by atoms with van der Waals surface area (Å²) in [5.74, 6) is -0.109. The van der Waals surface area contributed by atoms with Gasteiger partial charge in [-0.25, -0.2) is 0 Å². The topological polar surface area (TPSA) is 56.4 Å². The van der Waals surface area contributed by atoms with Crippen LogP contribution in [0.15, 0.2) is 23.1 Å². The lowest BCUT2D eigenvalue weighted by Gasteiger charge is -2.34. The number of hydrogen-bond acceptors (Lipinski definition) is 3. The maximum atomic E-state index is 12.7. The number of rotatable bonds is 3. The Bertz CT molecular complexity index is 569. The molecule has 0 aromatic carbocycles. The fourth-order valence-electron chi connectivity index (χ4n) is 3.87. The van der Waals surface area contributed by atoms with Gasteiger partial charge in [-0.15, -0.1) is 0 Å². The standard InChI is InChI=1S/C16H23N3O2/c1-2-18-10-4-7-13(18)14-8-5-11-19(14)16(21)12-6-3-9-17-15(12)20/h3,6,9,13-14H,2,4-5,7-8,10-11H2,1H3,(H,17,20)/t13-,14+/m0/s1. The zero-order valence-electron chi connectivity index (χ0n) is 12.5. The maximum absolute atomic E-state index is 12.7. The summed E-state index contributed by atoms with van der Waals surface area (Å²) >= 11 is 0. The number of hydrogen-bond donors (Lipinski definition) is 1. The first-order valence-electron chi connectivity index (χ1n) is 7.95. The summed E-state index contributed by atoms with van der Waals surface area (Å²) in [6, 6.07) is 4.07. The van der Waals surface area contributed by atoms with E-state index in [4.69, 9.17) is 0 Å². The Labute approximate surface area is 124 Å². The molecule has 0 bridgehead atoms. The molecule has 3 rings (SSSR count). The molecule has 2 saturated heterocycles. The predicted octanol–water partition coefficient (Wildman–Crippen LogP) is 1.46. The normalized spacial score (nSPS) is 26.4. The Morgan fingerprint density at radius 2 is 2.05 bits per heavy atom. The first kappa shape index (κ1) is 14.3. The maximum Gasteiger partial charge on any atom is 0.260 e. The molecule has 0 unspecified atom stereocenters. The number of carbonyl (C=O) groups is 1. The summed E-state index contributed by atoms with van der Waals surface area (Å²) in [6.45, 7) is 5.12. The number of pyridine rings is 1. The van der Waals surface area contributed by atoms with Gasteiger partial charge in [0.1, 0.15) is 5.56 Å². The van der Waals surface area contributed by atoms with E-state index >= 15 is 0 Å². The lowest BCUT2D eigenvalue weighted by Crippen LogP contribution is -2.49. The van der Waals surface area contributed by atoms with Crippen molar-refractivity contribution < 1.29 is 4.79 Å². The minimum absolute atomic E-state index is 0.109. The molecule has 2 aliphatic heterocycles. The molecule has 0 saturated carbocycles. The van der Waals surface area contributed by atoms with Gasteiger partial charge in [0.05, 0.1) is 0 Å². The van der Waals surface area contributed by atoms with Crippen molar-refractivity contribution in [3.63, 3.8) is 0 Å². The van der Waals surface area contributed by atoms with Gasteiger partial charge in [-0.1, -0.05) is 6.92 Å². The number of nitrogens with one attached hydrogen (secondary N) is 1. The number of aromatic amines is 1. The summed E-state index contributed by atoms with van der Waals surface area (Å²) in [5, 5.41) is 0. The van der Waals surface area contributed by atoms with Gasteiger partial charge in [0.15, 0.2) is 0 Å². The van der Waals surface area contributed by atoms with E-state index in [1.807, 2.05) is 4.90 Å². The van der Waals surface area contributed by atoms with E-state index < -0.39 is 0 Å². The van der Waals surface area contributed by atoms with Crippen molar-refractivity contribution in [3.8, 4) is 0 Å². The van der Waals surface area contributed by atoms with Crippen LogP contribution >= 0.6 is 0 Å². The molecule has 0 spiro atoms. The Morgan fingerprint density at radius 3 is 2.81 bits per heavy atom.